The fraction of sp³-hybridized carbons (Fsp3) is 0.680. The molecule has 3 saturated heterocycles. The Morgan fingerprint density at radius 3 is 2.33 bits per heavy atom. The van der Waals surface area contributed by atoms with Crippen LogP contribution in [0.4, 0.5) is 0 Å². The average Bonchev–Trinajstić information content (AvgIpc) is 3.19. The van der Waals surface area contributed by atoms with E-state index in [0.29, 0.717) is 18.2 Å². The molecule has 3 heterocycles. The summed E-state index contributed by atoms with van der Waals surface area (Å²) in [6.45, 7) is 9.94. The summed E-state index contributed by atoms with van der Waals surface area (Å²) < 4.78 is 0. The van der Waals surface area contributed by atoms with E-state index >= 15 is 0 Å². The van der Waals surface area contributed by atoms with Crippen molar-refractivity contribution in [2.75, 3.05) is 46.3 Å². The van der Waals surface area contributed by atoms with Gasteiger partial charge in [0.25, 0.3) is 0 Å². The number of amides is 2. The van der Waals surface area contributed by atoms with Crippen molar-refractivity contribution in [3.05, 3.63) is 35.9 Å². The third-order valence-electron chi connectivity index (χ3n) is 7.83. The lowest BCUT2D eigenvalue weighted by molar-refractivity contribution is -0.143. The summed E-state index contributed by atoms with van der Waals surface area (Å²) in [5.74, 6) is 1.21. The summed E-state index contributed by atoms with van der Waals surface area (Å²) in [4.78, 5) is 32.7. The largest absolute Gasteiger partial charge is 0.345 e. The number of hydrogen-bond donors (Lipinski definition) is 0. The van der Waals surface area contributed by atoms with E-state index in [1.807, 2.05) is 30.1 Å². The van der Waals surface area contributed by atoms with E-state index in [9.17, 15) is 9.59 Å². The second-order valence-electron chi connectivity index (χ2n) is 10.3. The van der Waals surface area contributed by atoms with Gasteiger partial charge in [0.2, 0.25) is 11.8 Å². The maximum Gasteiger partial charge on any atom is 0.230 e. The van der Waals surface area contributed by atoms with Crippen LogP contribution in [0.15, 0.2) is 30.3 Å². The van der Waals surface area contributed by atoms with Gasteiger partial charge in [-0.05, 0) is 37.2 Å². The molecule has 1 aromatic rings. The summed E-state index contributed by atoms with van der Waals surface area (Å²) in [6, 6.07) is 10.3. The second-order valence-corrected chi connectivity index (χ2v) is 10.3. The molecule has 1 aromatic carbocycles. The fourth-order valence-electron chi connectivity index (χ4n) is 6.28. The van der Waals surface area contributed by atoms with Gasteiger partial charge in [-0.3, -0.25) is 9.59 Å². The maximum atomic E-state index is 13.3. The van der Waals surface area contributed by atoms with Gasteiger partial charge in [0, 0.05) is 58.2 Å². The van der Waals surface area contributed by atoms with Crippen molar-refractivity contribution in [1.29, 1.82) is 0 Å². The van der Waals surface area contributed by atoms with E-state index in [1.54, 1.807) is 0 Å². The number of likely N-dealkylation sites (tertiary alicyclic amines) is 3. The van der Waals surface area contributed by atoms with E-state index < -0.39 is 0 Å². The van der Waals surface area contributed by atoms with E-state index in [4.69, 9.17) is 0 Å². The van der Waals surface area contributed by atoms with Crippen LogP contribution >= 0.6 is 0 Å². The van der Waals surface area contributed by atoms with Crippen LogP contribution in [-0.4, -0.2) is 72.8 Å². The van der Waals surface area contributed by atoms with Gasteiger partial charge < -0.3 is 14.7 Å². The van der Waals surface area contributed by atoms with E-state index in [-0.39, 0.29) is 16.7 Å². The highest BCUT2D eigenvalue weighted by Gasteiger charge is 2.64. The number of benzene rings is 1. The van der Waals surface area contributed by atoms with Gasteiger partial charge in [-0.2, -0.15) is 0 Å². The van der Waals surface area contributed by atoms with Crippen molar-refractivity contribution >= 4 is 11.8 Å². The highest BCUT2D eigenvalue weighted by Crippen LogP contribution is 2.57. The molecule has 0 bridgehead atoms. The third kappa shape index (κ3) is 3.77. The van der Waals surface area contributed by atoms with Gasteiger partial charge >= 0.3 is 0 Å². The molecular formula is C25H37N3O2. The van der Waals surface area contributed by atoms with Crippen molar-refractivity contribution in [3.8, 4) is 0 Å². The molecular weight excluding hydrogens is 374 g/mol. The molecule has 3 fully saturated rings. The quantitative estimate of drug-likeness (QED) is 0.748. The highest BCUT2D eigenvalue weighted by molar-refractivity contribution is 5.86. The number of carbonyl (C=O) groups excluding carboxylic acids is 2. The van der Waals surface area contributed by atoms with E-state index in [2.05, 4.69) is 35.8 Å². The first kappa shape index (κ1) is 21.4. The third-order valence-corrected chi connectivity index (χ3v) is 7.83. The predicted octanol–water partition coefficient (Wildman–Crippen LogP) is 3.05. The van der Waals surface area contributed by atoms with Crippen LogP contribution in [0.3, 0.4) is 0 Å². The number of hydrogen-bond acceptors (Lipinski definition) is 3. The van der Waals surface area contributed by atoms with Gasteiger partial charge in [0.05, 0.1) is 5.41 Å². The van der Waals surface area contributed by atoms with Gasteiger partial charge in [0.1, 0.15) is 0 Å². The Balaban J connectivity index is 1.43. The predicted molar refractivity (Wildman–Crippen MR) is 119 cm³/mol. The minimum absolute atomic E-state index is 0.0277. The molecule has 3 aliphatic rings. The van der Waals surface area contributed by atoms with Crippen LogP contribution in [0.25, 0.3) is 0 Å². The zero-order valence-corrected chi connectivity index (χ0v) is 18.9. The summed E-state index contributed by atoms with van der Waals surface area (Å²) in [6.07, 6.45) is 4.26. The number of rotatable bonds is 5. The van der Waals surface area contributed by atoms with Gasteiger partial charge in [0.15, 0.2) is 0 Å². The molecule has 3 aliphatic heterocycles. The minimum Gasteiger partial charge on any atom is -0.345 e. The van der Waals surface area contributed by atoms with E-state index in [0.717, 1.165) is 65.0 Å². The fourth-order valence-corrected chi connectivity index (χ4v) is 6.28. The lowest BCUT2D eigenvalue weighted by atomic mass is 9.60. The van der Waals surface area contributed by atoms with Crippen LogP contribution in [-0.2, 0) is 16.0 Å². The molecule has 5 nitrogen and oxygen atoms in total. The summed E-state index contributed by atoms with van der Waals surface area (Å²) in [5, 5.41) is 0. The Hall–Kier alpha value is -1.88. The lowest BCUT2D eigenvalue weighted by Gasteiger charge is -2.47. The number of piperidine rings is 1. The van der Waals surface area contributed by atoms with Crippen molar-refractivity contribution in [2.24, 2.45) is 16.7 Å². The number of aryl methyl sites for hydroxylation is 1. The van der Waals surface area contributed by atoms with Gasteiger partial charge in [-0.25, -0.2) is 0 Å². The van der Waals surface area contributed by atoms with Crippen molar-refractivity contribution in [2.45, 2.75) is 46.0 Å². The number of nitrogens with zero attached hydrogens (tertiary/aromatic N) is 3. The molecule has 0 aromatic heterocycles. The molecule has 0 N–H and O–H groups in total. The summed E-state index contributed by atoms with van der Waals surface area (Å²) in [7, 11) is 1.96. The zero-order chi connectivity index (χ0) is 21.4. The molecule has 164 valence electrons. The van der Waals surface area contributed by atoms with Gasteiger partial charge in [-0.1, -0.05) is 44.2 Å². The molecule has 30 heavy (non-hydrogen) atoms. The molecule has 2 amide bonds. The number of fused-ring (bicyclic) bond motifs is 1. The Morgan fingerprint density at radius 1 is 1.03 bits per heavy atom. The molecule has 0 unspecified atom stereocenters. The first-order valence-corrected chi connectivity index (χ1v) is 11.6. The maximum absolute atomic E-state index is 13.3. The average molecular weight is 412 g/mol. The molecule has 4 rings (SSSR count). The number of carbonyl (C=O) groups is 2. The standard InChI is InChI=1S/C25H37N3O2/c1-20(2)17-27-18-24(25(19-27)13-14-26(3)23(25)30)11-15-28(16-12-24)22(29)10-9-21-7-5-4-6-8-21/h4-8,20H,9-19H2,1-3H3/t25-/m1/s1. The normalized spacial score (nSPS) is 26.5. The van der Waals surface area contributed by atoms with Crippen molar-refractivity contribution in [3.63, 3.8) is 0 Å². The van der Waals surface area contributed by atoms with E-state index in [1.165, 1.54) is 5.56 Å². The van der Waals surface area contributed by atoms with Crippen LogP contribution in [0.2, 0.25) is 0 Å². The molecule has 0 aliphatic carbocycles. The first-order chi connectivity index (χ1) is 14.4. The van der Waals surface area contributed by atoms with Crippen LogP contribution in [0.1, 0.15) is 45.1 Å². The van der Waals surface area contributed by atoms with Gasteiger partial charge in [-0.15, -0.1) is 0 Å². The molecule has 0 saturated carbocycles. The van der Waals surface area contributed by atoms with Crippen LogP contribution in [0.5, 0.6) is 0 Å². The molecule has 0 radical (unpaired) electrons. The van der Waals surface area contributed by atoms with Crippen molar-refractivity contribution < 1.29 is 9.59 Å². The Kier molecular flexibility index (Phi) is 5.93. The van der Waals surface area contributed by atoms with Crippen LogP contribution < -0.4 is 0 Å². The molecule has 1 atom stereocenters. The van der Waals surface area contributed by atoms with Crippen LogP contribution in [0, 0.1) is 16.7 Å². The summed E-state index contributed by atoms with van der Waals surface area (Å²) >= 11 is 0. The van der Waals surface area contributed by atoms with Crippen molar-refractivity contribution in [1.82, 2.24) is 14.7 Å². The molecule has 2 spiro atoms. The topological polar surface area (TPSA) is 43.9 Å². The Morgan fingerprint density at radius 2 is 1.73 bits per heavy atom. The zero-order valence-electron chi connectivity index (χ0n) is 18.9. The SMILES string of the molecule is CC(C)CN1CC2(CCN(C(=O)CCc3ccccc3)CC2)[C@]2(CCN(C)C2=O)C1. The second kappa shape index (κ2) is 8.33. The first-order valence-electron chi connectivity index (χ1n) is 11.6. The Bertz CT molecular complexity index is 770. The smallest absolute Gasteiger partial charge is 0.230 e. The monoisotopic (exact) mass is 411 g/mol. The summed E-state index contributed by atoms with van der Waals surface area (Å²) in [5.41, 5.74) is 1.01. The lowest BCUT2D eigenvalue weighted by Crippen LogP contribution is -2.53. The highest BCUT2D eigenvalue weighted by atomic mass is 16.2. The minimum atomic E-state index is -0.240. The molecule has 5 heteroatoms. The Labute approximate surface area is 181 Å².